The number of nitro groups is 1. The number of carbonyl (C=O) groups excluding carboxylic acids is 1. The van der Waals surface area contributed by atoms with E-state index in [2.05, 4.69) is 0 Å². The Kier molecular flexibility index (Phi) is 2.63. The van der Waals surface area contributed by atoms with Crippen molar-refractivity contribution >= 4 is 33.0 Å². The zero-order valence-electron chi connectivity index (χ0n) is 13.0. The third kappa shape index (κ3) is 1.73. The molecule has 0 spiro atoms. The van der Waals surface area contributed by atoms with Crippen LogP contribution in [0.25, 0.3) is 32.7 Å². The first-order valence-electron chi connectivity index (χ1n) is 7.94. The predicted molar refractivity (Wildman–Crippen MR) is 97.0 cm³/mol. The minimum atomic E-state index is -0.420. The Morgan fingerprint density at radius 2 is 1.44 bits per heavy atom. The molecule has 0 aliphatic heterocycles. The molecule has 0 atom stereocenters. The maximum atomic E-state index is 13.1. The van der Waals surface area contributed by atoms with Crippen LogP contribution in [0.3, 0.4) is 0 Å². The quantitative estimate of drug-likeness (QED) is 0.318. The van der Waals surface area contributed by atoms with E-state index in [4.69, 9.17) is 0 Å². The molecule has 4 heteroatoms. The second-order valence-electron chi connectivity index (χ2n) is 6.16. The van der Waals surface area contributed by atoms with E-state index < -0.39 is 4.92 Å². The standard InChI is InChI=1S/C21H11NO3/c23-21-16-10-4-6-12-5-3-9-15(19(12)16)20-14-8-2-1-7-13(14)18(22(24)25)11-17(20)21/h1-11H. The van der Waals surface area contributed by atoms with Crippen LogP contribution in [0.2, 0.25) is 0 Å². The second kappa shape index (κ2) is 4.74. The van der Waals surface area contributed by atoms with Gasteiger partial charge in [-0.1, -0.05) is 54.6 Å². The van der Waals surface area contributed by atoms with Gasteiger partial charge in [0.05, 0.1) is 10.3 Å². The molecule has 0 saturated carbocycles. The van der Waals surface area contributed by atoms with Crippen LogP contribution in [0.1, 0.15) is 15.9 Å². The van der Waals surface area contributed by atoms with E-state index in [1.54, 1.807) is 18.2 Å². The molecule has 0 aromatic heterocycles. The van der Waals surface area contributed by atoms with E-state index in [1.807, 2.05) is 42.5 Å². The van der Waals surface area contributed by atoms with Gasteiger partial charge in [-0.25, -0.2) is 0 Å². The van der Waals surface area contributed by atoms with E-state index in [9.17, 15) is 14.9 Å². The molecule has 0 fully saturated rings. The molecule has 1 aliphatic rings. The lowest BCUT2D eigenvalue weighted by Crippen LogP contribution is -2.11. The number of fused-ring (bicyclic) bond motifs is 4. The molecule has 0 radical (unpaired) electrons. The summed E-state index contributed by atoms with van der Waals surface area (Å²) in [5.74, 6) is -0.159. The van der Waals surface area contributed by atoms with Crippen LogP contribution < -0.4 is 0 Å². The first-order valence-corrected chi connectivity index (χ1v) is 7.94. The Balaban J connectivity index is 2.06. The van der Waals surface area contributed by atoms with Gasteiger partial charge in [-0.05, 0) is 22.4 Å². The molecule has 0 saturated heterocycles. The highest BCUT2D eigenvalue weighted by molar-refractivity contribution is 6.29. The number of carbonyl (C=O) groups is 1. The van der Waals surface area contributed by atoms with Gasteiger partial charge in [0.2, 0.25) is 0 Å². The molecular weight excluding hydrogens is 314 g/mol. The Morgan fingerprint density at radius 1 is 0.760 bits per heavy atom. The lowest BCUT2D eigenvalue weighted by molar-refractivity contribution is -0.383. The van der Waals surface area contributed by atoms with Crippen molar-refractivity contribution in [3.8, 4) is 11.1 Å². The monoisotopic (exact) mass is 325 g/mol. The fraction of sp³-hybridized carbons (Fsp3) is 0. The predicted octanol–water partition coefficient (Wildman–Crippen LogP) is 5.11. The largest absolute Gasteiger partial charge is 0.289 e. The molecule has 0 N–H and O–H groups in total. The Bertz CT molecular complexity index is 1240. The third-order valence-corrected chi connectivity index (χ3v) is 4.88. The first kappa shape index (κ1) is 13.9. The molecule has 5 rings (SSSR count). The van der Waals surface area contributed by atoms with Crippen molar-refractivity contribution in [3.63, 3.8) is 0 Å². The van der Waals surface area contributed by atoms with Gasteiger partial charge >= 0.3 is 0 Å². The summed E-state index contributed by atoms with van der Waals surface area (Å²) in [5.41, 5.74) is 2.71. The van der Waals surface area contributed by atoms with Gasteiger partial charge < -0.3 is 0 Å². The van der Waals surface area contributed by atoms with Gasteiger partial charge in [0.15, 0.2) is 5.78 Å². The fourth-order valence-corrected chi connectivity index (χ4v) is 3.86. The molecule has 4 aromatic carbocycles. The number of benzene rings is 4. The Morgan fingerprint density at radius 3 is 2.16 bits per heavy atom. The van der Waals surface area contributed by atoms with Crippen molar-refractivity contribution in [2.24, 2.45) is 0 Å². The summed E-state index contributed by atoms with van der Waals surface area (Å²) in [6, 6.07) is 20.2. The normalized spacial score (nSPS) is 12.4. The average molecular weight is 325 g/mol. The van der Waals surface area contributed by atoms with Crippen molar-refractivity contribution in [3.05, 3.63) is 88.0 Å². The molecule has 0 unspecified atom stereocenters. The SMILES string of the molecule is O=C1c2cc([N+](=O)[O-])c3ccccc3c2-c2cccc3cccc1c23. The number of non-ortho nitro benzene ring substituents is 1. The van der Waals surface area contributed by atoms with Gasteiger partial charge in [-0.15, -0.1) is 0 Å². The lowest BCUT2D eigenvalue weighted by Gasteiger charge is -2.21. The van der Waals surface area contributed by atoms with Crippen molar-refractivity contribution in [1.29, 1.82) is 0 Å². The molecule has 1 aliphatic carbocycles. The van der Waals surface area contributed by atoms with Crippen molar-refractivity contribution in [2.45, 2.75) is 0 Å². The highest BCUT2D eigenvalue weighted by Crippen LogP contribution is 2.45. The van der Waals surface area contributed by atoms with Crippen LogP contribution >= 0.6 is 0 Å². The summed E-state index contributed by atoms with van der Waals surface area (Å²) in [4.78, 5) is 24.2. The lowest BCUT2D eigenvalue weighted by atomic mass is 9.80. The van der Waals surface area contributed by atoms with Crippen molar-refractivity contribution < 1.29 is 9.72 Å². The van der Waals surface area contributed by atoms with Crippen LogP contribution in [0.5, 0.6) is 0 Å². The van der Waals surface area contributed by atoms with Crippen LogP contribution in [0.15, 0.2) is 66.7 Å². The summed E-state index contributed by atoms with van der Waals surface area (Å²) >= 11 is 0. The Labute approximate surface area is 142 Å². The van der Waals surface area contributed by atoms with E-state index in [0.29, 0.717) is 16.5 Å². The number of hydrogen-bond donors (Lipinski definition) is 0. The molecular formula is C21H11NO3. The Hall–Kier alpha value is -3.53. The summed E-state index contributed by atoms with van der Waals surface area (Å²) in [5, 5.41) is 14.7. The van der Waals surface area contributed by atoms with E-state index in [1.165, 1.54) is 6.07 Å². The van der Waals surface area contributed by atoms with Crippen LogP contribution in [-0.4, -0.2) is 10.7 Å². The van der Waals surface area contributed by atoms with Crippen LogP contribution in [0.4, 0.5) is 5.69 Å². The van der Waals surface area contributed by atoms with Crippen LogP contribution in [-0.2, 0) is 0 Å². The van der Waals surface area contributed by atoms with Crippen molar-refractivity contribution in [1.82, 2.24) is 0 Å². The van der Waals surface area contributed by atoms with Gasteiger partial charge in [0, 0.05) is 28.1 Å². The van der Waals surface area contributed by atoms with Crippen molar-refractivity contribution in [2.75, 3.05) is 0 Å². The zero-order valence-corrected chi connectivity index (χ0v) is 13.0. The minimum absolute atomic E-state index is 0.0331. The number of hydrogen-bond acceptors (Lipinski definition) is 3. The van der Waals surface area contributed by atoms with Gasteiger partial charge in [-0.3, -0.25) is 14.9 Å². The van der Waals surface area contributed by atoms with E-state index >= 15 is 0 Å². The summed E-state index contributed by atoms with van der Waals surface area (Å²) in [6.07, 6.45) is 0. The van der Waals surface area contributed by atoms with E-state index in [-0.39, 0.29) is 11.5 Å². The van der Waals surface area contributed by atoms with Gasteiger partial charge in [-0.2, -0.15) is 0 Å². The zero-order chi connectivity index (χ0) is 17.1. The number of nitrogens with zero attached hydrogens (tertiary/aromatic N) is 1. The van der Waals surface area contributed by atoms with E-state index in [0.717, 1.165) is 27.3 Å². The third-order valence-electron chi connectivity index (χ3n) is 4.88. The average Bonchev–Trinajstić information content (AvgIpc) is 2.64. The number of ketones is 1. The maximum Gasteiger partial charge on any atom is 0.277 e. The first-order chi connectivity index (χ1) is 12.2. The topological polar surface area (TPSA) is 60.2 Å². The maximum absolute atomic E-state index is 13.1. The molecule has 25 heavy (non-hydrogen) atoms. The highest BCUT2D eigenvalue weighted by Gasteiger charge is 2.29. The molecule has 118 valence electrons. The summed E-state index contributed by atoms with van der Waals surface area (Å²) in [6.45, 7) is 0. The summed E-state index contributed by atoms with van der Waals surface area (Å²) < 4.78 is 0. The van der Waals surface area contributed by atoms with Gasteiger partial charge in [0.25, 0.3) is 5.69 Å². The van der Waals surface area contributed by atoms with Gasteiger partial charge in [0.1, 0.15) is 0 Å². The molecule has 4 aromatic rings. The number of rotatable bonds is 1. The summed E-state index contributed by atoms with van der Waals surface area (Å²) in [7, 11) is 0. The second-order valence-corrected chi connectivity index (χ2v) is 6.16. The molecule has 0 bridgehead atoms. The minimum Gasteiger partial charge on any atom is -0.289 e. The highest BCUT2D eigenvalue weighted by atomic mass is 16.6. The number of nitro benzene ring substituents is 1. The van der Waals surface area contributed by atoms with Crippen LogP contribution in [0, 0.1) is 10.1 Å². The molecule has 0 amide bonds. The molecule has 0 heterocycles. The smallest absolute Gasteiger partial charge is 0.277 e. The fourth-order valence-electron chi connectivity index (χ4n) is 3.86. The molecule has 4 nitrogen and oxygen atoms in total.